The Balaban J connectivity index is 1.44. The molecule has 4 rings (SSSR count). The maximum Gasteiger partial charge on any atom is 0.119 e. The predicted octanol–water partition coefficient (Wildman–Crippen LogP) is 2.96. The zero-order valence-corrected chi connectivity index (χ0v) is 15.4. The minimum absolute atomic E-state index is 0.0708. The molecule has 0 saturated carbocycles. The van der Waals surface area contributed by atoms with E-state index in [4.69, 9.17) is 9.47 Å². The highest BCUT2D eigenvalue weighted by Gasteiger charge is 2.40. The van der Waals surface area contributed by atoms with Gasteiger partial charge in [-0.3, -0.25) is 9.88 Å². The fourth-order valence-electron chi connectivity index (χ4n) is 4.17. The summed E-state index contributed by atoms with van der Waals surface area (Å²) in [7, 11) is 1.71. The lowest BCUT2D eigenvalue weighted by Crippen LogP contribution is -2.59. The molecule has 1 aromatic heterocycles. The van der Waals surface area contributed by atoms with Crippen LogP contribution in [0.25, 0.3) is 0 Å². The third kappa shape index (κ3) is 3.84. The van der Waals surface area contributed by atoms with Gasteiger partial charge in [0.25, 0.3) is 0 Å². The quantitative estimate of drug-likeness (QED) is 0.845. The summed E-state index contributed by atoms with van der Waals surface area (Å²) in [6, 6.07) is 12.5. The fourth-order valence-corrected chi connectivity index (χ4v) is 4.17. The molecule has 0 radical (unpaired) electrons. The summed E-state index contributed by atoms with van der Waals surface area (Å²) in [6.45, 7) is 5.74. The van der Waals surface area contributed by atoms with E-state index in [1.165, 1.54) is 11.3 Å². The van der Waals surface area contributed by atoms with E-state index in [-0.39, 0.29) is 5.60 Å². The van der Waals surface area contributed by atoms with Gasteiger partial charge in [-0.2, -0.15) is 0 Å². The summed E-state index contributed by atoms with van der Waals surface area (Å²) >= 11 is 0. The van der Waals surface area contributed by atoms with Crippen LogP contribution >= 0.6 is 0 Å². The summed E-state index contributed by atoms with van der Waals surface area (Å²) < 4.78 is 11.6. The zero-order chi connectivity index (χ0) is 17.8. The largest absolute Gasteiger partial charge is 0.497 e. The van der Waals surface area contributed by atoms with Crippen LogP contribution in [-0.4, -0.2) is 55.4 Å². The number of rotatable bonds is 4. The topological polar surface area (TPSA) is 37.8 Å². The molecule has 5 heteroatoms. The second-order valence-electron chi connectivity index (χ2n) is 7.33. The third-order valence-electron chi connectivity index (χ3n) is 5.43. The highest BCUT2D eigenvalue weighted by Crippen LogP contribution is 2.32. The van der Waals surface area contributed by atoms with Gasteiger partial charge in [0.05, 0.1) is 19.3 Å². The van der Waals surface area contributed by atoms with Crippen molar-refractivity contribution in [2.75, 3.05) is 44.8 Å². The maximum absolute atomic E-state index is 6.35. The predicted molar refractivity (Wildman–Crippen MR) is 103 cm³/mol. The number of pyridine rings is 1. The van der Waals surface area contributed by atoms with Crippen LogP contribution in [0.2, 0.25) is 0 Å². The number of hydrogen-bond donors (Lipinski definition) is 0. The van der Waals surface area contributed by atoms with E-state index in [1.54, 1.807) is 7.11 Å². The van der Waals surface area contributed by atoms with E-state index in [0.29, 0.717) is 0 Å². The van der Waals surface area contributed by atoms with Crippen LogP contribution in [0.5, 0.6) is 5.75 Å². The lowest BCUT2D eigenvalue weighted by molar-refractivity contribution is -0.116. The second kappa shape index (κ2) is 7.64. The molecule has 2 aromatic rings. The Kier molecular flexibility index (Phi) is 5.09. The molecule has 26 heavy (non-hydrogen) atoms. The van der Waals surface area contributed by atoms with Crippen molar-refractivity contribution in [2.24, 2.45) is 0 Å². The monoisotopic (exact) mass is 353 g/mol. The molecule has 2 aliphatic rings. The van der Waals surface area contributed by atoms with E-state index in [9.17, 15) is 0 Å². The summed E-state index contributed by atoms with van der Waals surface area (Å²) in [5, 5.41) is 0. The number of piperidine rings is 1. The number of aromatic nitrogens is 1. The molecule has 2 aliphatic heterocycles. The number of benzene rings is 1. The zero-order valence-electron chi connectivity index (χ0n) is 15.4. The number of ether oxygens (including phenoxy) is 2. The van der Waals surface area contributed by atoms with Crippen LogP contribution in [0.4, 0.5) is 5.69 Å². The highest BCUT2D eigenvalue weighted by molar-refractivity contribution is 5.50. The summed E-state index contributed by atoms with van der Waals surface area (Å²) in [5.74, 6) is 0.900. The Bertz CT molecular complexity index is 703. The molecule has 0 bridgehead atoms. The Morgan fingerprint density at radius 2 is 2.04 bits per heavy atom. The van der Waals surface area contributed by atoms with Crippen LogP contribution in [0, 0.1) is 0 Å². The standard InChI is InChI=1S/C21H27N3O2/c1-25-20-7-5-19(6-8-20)24-11-3-9-21(17-24)16-23(12-13-26-21)15-18-4-2-10-22-14-18/h2,4-8,10,14H,3,9,11-13,15-17H2,1H3/t21-/m1/s1. The molecule has 2 fully saturated rings. The van der Waals surface area contributed by atoms with Gasteiger partial charge < -0.3 is 14.4 Å². The average molecular weight is 353 g/mol. The van der Waals surface area contributed by atoms with Crippen molar-refractivity contribution in [2.45, 2.75) is 25.0 Å². The molecule has 1 atom stereocenters. The van der Waals surface area contributed by atoms with E-state index in [2.05, 4.69) is 33.0 Å². The molecule has 0 aliphatic carbocycles. The molecule has 3 heterocycles. The summed E-state index contributed by atoms with van der Waals surface area (Å²) in [6.07, 6.45) is 6.08. The number of morpholine rings is 1. The van der Waals surface area contributed by atoms with Gasteiger partial charge in [-0.1, -0.05) is 6.07 Å². The lowest BCUT2D eigenvalue weighted by atomic mass is 9.90. The minimum atomic E-state index is -0.0708. The van der Waals surface area contributed by atoms with E-state index < -0.39 is 0 Å². The molecular formula is C21H27N3O2. The minimum Gasteiger partial charge on any atom is -0.497 e. The normalized spacial score (nSPS) is 24.0. The van der Waals surface area contributed by atoms with Crippen molar-refractivity contribution in [3.8, 4) is 5.75 Å². The van der Waals surface area contributed by atoms with Gasteiger partial charge in [0, 0.05) is 50.8 Å². The lowest BCUT2D eigenvalue weighted by Gasteiger charge is -2.48. The molecule has 138 valence electrons. The van der Waals surface area contributed by atoms with Crippen molar-refractivity contribution in [1.29, 1.82) is 0 Å². The van der Waals surface area contributed by atoms with E-state index >= 15 is 0 Å². The SMILES string of the molecule is COc1ccc(N2CCC[C@@]3(CN(Cc4cccnc4)CCO3)C2)cc1. The summed E-state index contributed by atoms with van der Waals surface area (Å²) in [5.41, 5.74) is 2.45. The molecule has 0 unspecified atom stereocenters. The summed E-state index contributed by atoms with van der Waals surface area (Å²) in [4.78, 5) is 9.21. The molecular weight excluding hydrogens is 326 g/mol. The van der Waals surface area contributed by atoms with Gasteiger partial charge in [-0.25, -0.2) is 0 Å². The van der Waals surface area contributed by atoms with Gasteiger partial charge in [0.2, 0.25) is 0 Å². The van der Waals surface area contributed by atoms with Gasteiger partial charge in [-0.15, -0.1) is 0 Å². The molecule has 5 nitrogen and oxygen atoms in total. The maximum atomic E-state index is 6.35. The van der Waals surface area contributed by atoms with Crippen LogP contribution in [0.3, 0.4) is 0 Å². The van der Waals surface area contributed by atoms with Gasteiger partial charge in [-0.05, 0) is 48.7 Å². The molecule has 0 amide bonds. The van der Waals surface area contributed by atoms with E-state index in [1.807, 2.05) is 30.6 Å². The number of methoxy groups -OCH3 is 1. The van der Waals surface area contributed by atoms with E-state index in [0.717, 1.165) is 57.9 Å². The van der Waals surface area contributed by atoms with Crippen LogP contribution in [-0.2, 0) is 11.3 Å². The van der Waals surface area contributed by atoms with Crippen molar-refractivity contribution < 1.29 is 9.47 Å². The number of nitrogens with zero attached hydrogens (tertiary/aromatic N) is 3. The molecule has 0 N–H and O–H groups in total. The van der Waals surface area contributed by atoms with Crippen molar-refractivity contribution in [3.63, 3.8) is 0 Å². The van der Waals surface area contributed by atoms with Gasteiger partial charge in [0.1, 0.15) is 5.75 Å². The van der Waals surface area contributed by atoms with Crippen molar-refractivity contribution in [1.82, 2.24) is 9.88 Å². The second-order valence-corrected chi connectivity index (χ2v) is 7.33. The highest BCUT2D eigenvalue weighted by atomic mass is 16.5. The van der Waals surface area contributed by atoms with Gasteiger partial charge >= 0.3 is 0 Å². The first kappa shape index (κ1) is 17.3. The van der Waals surface area contributed by atoms with Crippen LogP contribution in [0.15, 0.2) is 48.8 Å². The Hall–Kier alpha value is -2.11. The Labute approximate surface area is 155 Å². The Morgan fingerprint density at radius 1 is 1.15 bits per heavy atom. The first-order valence-electron chi connectivity index (χ1n) is 9.41. The first-order chi connectivity index (χ1) is 12.8. The molecule has 2 saturated heterocycles. The molecule has 1 spiro atoms. The number of anilines is 1. The van der Waals surface area contributed by atoms with Gasteiger partial charge in [0.15, 0.2) is 0 Å². The average Bonchev–Trinajstić information content (AvgIpc) is 2.69. The van der Waals surface area contributed by atoms with Crippen LogP contribution < -0.4 is 9.64 Å². The van der Waals surface area contributed by atoms with Crippen molar-refractivity contribution in [3.05, 3.63) is 54.4 Å². The third-order valence-corrected chi connectivity index (χ3v) is 5.43. The smallest absolute Gasteiger partial charge is 0.119 e. The fraction of sp³-hybridized carbons (Fsp3) is 0.476. The number of hydrogen-bond acceptors (Lipinski definition) is 5. The first-order valence-corrected chi connectivity index (χ1v) is 9.41. The molecule has 1 aromatic carbocycles. The van der Waals surface area contributed by atoms with Crippen molar-refractivity contribution >= 4 is 5.69 Å². The van der Waals surface area contributed by atoms with Crippen LogP contribution in [0.1, 0.15) is 18.4 Å². The Morgan fingerprint density at radius 3 is 2.81 bits per heavy atom.